The van der Waals surface area contributed by atoms with E-state index >= 15 is 0 Å². The molecule has 1 unspecified atom stereocenters. The van der Waals surface area contributed by atoms with Crippen LogP contribution in [-0.4, -0.2) is 41.3 Å². The summed E-state index contributed by atoms with van der Waals surface area (Å²) in [6.07, 6.45) is 2.33. The molecule has 0 amide bonds. The number of nitrogens with one attached hydrogen (secondary N) is 2. The van der Waals surface area contributed by atoms with E-state index in [4.69, 9.17) is 10.5 Å². The molecule has 0 aliphatic carbocycles. The van der Waals surface area contributed by atoms with E-state index < -0.39 is 0 Å². The molecule has 0 saturated carbocycles. The summed E-state index contributed by atoms with van der Waals surface area (Å²) < 4.78 is 7.18. The number of nitrogens with zero attached hydrogens (tertiary/aromatic N) is 2. The van der Waals surface area contributed by atoms with E-state index in [2.05, 4.69) is 15.3 Å². The van der Waals surface area contributed by atoms with Crippen LogP contribution in [0.15, 0.2) is 34.1 Å². The molecule has 22 heavy (non-hydrogen) atoms. The van der Waals surface area contributed by atoms with E-state index in [0.717, 1.165) is 30.5 Å². The number of rotatable bonds is 5. The summed E-state index contributed by atoms with van der Waals surface area (Å²) in [6.45, 7) is 2.48. The van der Waals surface area contributed by atoms with E-state index in [1.807, 2.05) is 24.3 Å². The lowest BCUT2D eigenvalue weighted by molar-refractivity contribution is 0.118. The van der Waals surface area contributed by atoms with Gasteiger partial charge in [-0.2, -0.15) is 0 Å². The number of benzene rings is 1. The second kappa shape index (κ2) is 6.65. The van der Waals surface area contributed by atoms with Gasteiger partial charge in [0.15, 0.2) is 5.96 Å². The number of imidazole rings is 1. The minimum Gasteiger partial charge on any atom is -0.376 e. The summed E-state index contributed by atoms with van der Waals surface area (Å²) in [5.74, 6) is 0.392. The first-order valence-corrected chi connectivity index (χ1v) is 7.57. The van der Waals surface area contributed by atoms with E-state index in [-0.39, 0.29) is 11.8 Å². The van der Waals surface area contributed by atoms with Gasteiger partial charge in [0.25, 0.3) is 0 Å². The van der Waals surface area contributed by atoms with Gasteiger partial charge in [-0.05, 0) is 25.0 Å². The lowest BCUT2D eigenvalue weighted by atomic mass is 10.2. The first kappa shape index (κ1) is 14.6. The van der Waals surface area contributed by atoms with Crippen molar-refractivity contribution in [2.75, 3.05) is 19.7 Å². The van der Waals surface area contributed by atoms with Gasteiger partial charge in [-0.1, -0.05) is 12.1 Å². The molecule has 3 rings (SSSR count). The van der Waals surface area contributed by atoms with Crippen molar-refractivity contribution >= 4 is 17.0 Å². The minimum atomic E-state index is -0.113. The molecular weight excluding hydrogens is 282 g/mol. The number of aliphatic imine (C=N–C) groups is 1. The molecule has 1 aliphatic heterocycles. The van der Waals surface area contributed by atoms with Gasteiger partial charge >= 0.3 is 5.69 Å². The predicted octanol–water partition coefficient (Wildman–Crippen LogP) is 0.413. The van der Waals surface area contributed by atoms with Crippen LogP contribution in [0.2, 0.25) is 0 Å². The SMILES string of the molecule is NC(=NCC1CCCO1)NCCn1c(=O)[nH]c2ccccc21. The van der Waals surface area contributed by atoms with Crippen LogP contribution in [0.25, 0.3) is 11.0 Å². The molecule has 0 spiro atoms. The second-order valence-corrected chi connectivity index (χ2v) is 5.39. The Morgan fingerprint density at radius 1 is 1.50 bits per heavy atom. The molecule has 7 heteroatoms. The summed E-state index contributed by atoms with van der Waals surface area (Å²) >= 11 is 0. The van der Waals surface area contributed by atoms with E-state index in [0.29, 0.717) is 25.6 Å². The van der Waals surface area contributed by atoms with Crippen LogP contribution in [0.3, 0.4) is 0 Å². The summed E-state index contributed by atoms with van der Waals surface area (Å²) in [7, 11) is 0. The zero-order valence-electron chi connectivity index (χ0n) is 12.4. The summed E-state index contributed by atoms with van der Waals surface area (Å²) in [4.78, 5) is 19.0. The average molecular weight is 303 g/mol. The van der Waals surface area contributed by atoms with E-state index in [9.17, 15) is 4.79 Å². The van der Waals surface area contributed by atoms with Crippen molar-refractivity contribution in [3.8, 4) is 0 Å². The maximum absolute atomic E-state index is 11.9. The maximum atomic E-state index is 11.9. The second-order valence-electron chi connectivity index (χ2n) is 5.39. The number of hydrogen-bond donors (Lipinski definition) is 3. The van der Waals surface area contributed by atoms with Gasteiger partial charge in [0, 0.05) is 19.7 Å². The molecule has 7 nitrogen and oxygen atoms in total. The molecule has 1 fully saturated rings. The molecule has 0 radical (unpaired) electrons. The number of guanidine groups is 1. The smallest absolute Gasteiger partial charge is 0.326 e. The molecule has 1 saturated heterocycles. The van der Waals surface area contributed by atoms with Crippen molar-refractivity contribution in [2.45, 2.75) is 25.5 Å². The number of aromatic nitrogens is 2. The number of nitrogens with two attached hydrogens (primary N) is 1. The first-order valence-electron chi connectivity index (χ1n) is 7.57. The third kappa shape index (κ3) is 3.30. The van der Waals surface area contributed by atoms with Crippen LogP contribution in [0.1, 0.15) is 12.8 Å². The highest BCUT2D eigenvalue weighted by Gasteiger charge is 2.14. The normalized spacial score (nSPS) is 18.9. The van der Waals surface area contributed by atoms with Crippen molar-refractivity contribution in [3.63, 3.8) is 0 Å². The van der Waals surface area contributed by atoms with Gasteiger partial charge in [0.1, 0.15) is 0 Å². The Bertz CT molecular complexity index is 712. The van der Waals surface area contributed by atoms with E-state index in [1.165, 1.54) is 0 Å². The Hall–Kier alpha value is -2.28. The third-order valence-corrected chi connectivity index (χ3v) is 3.81. The average Bonchev–Trinajstić information content (AvgIpc) is 3.13. The van der Waals surface area contributed by atoms with Gasteiger partial charge in [-0.15, -0.1) is 0 Å². The van der Waals surface area contributed by atoms with Gasteiger partial charge in [-0.25, -0.2) is 4.79 Å². The van der Waals surface area contributed by atoms with Crippen LogP contribution in [0, 0.1) is 0 Å². The molecule has 1 atom stereocenters. The largest absolute Gasteiger partial charge is 0.376 e. The fourth-order valence-electron chi connectivity index (χ4n) is 2.67. The molecule has 2 aromatic rings. The number of ether oxygens (including phenoxy) is 1. The van der Waals surface area contributed by atoms with Crippen molar-refractivity contribution in [3.05, 3.63) is 34.7 Å². The number of hydrogen-bond acceptors (Lipinski definition) is 3. The van der Waals surface area contributed by atoms with E-state index in [1.54, 1.807) is 4.57 Å². The van der Waals surface area contributed by atoms with Gasteiger partial charge in [0.2, 0.25) is 0 Å². The van der Waals surface area contributed by atoms with Crippen LogP contribution < -0.4 is 16.7 Å². The van der Waals surface area contributed by atoms with Gasteiger partial charge in [0.05, 0.1) is 23.7 Å². The van der Waals surface area contributed by atoms with Gasteiger partial charge < -0.3 is 20.8 Å². The van der Waals surface area contributed by atoms with Gasteiger partial charge in [-0.3, -0.25) is 9.56 Å². The standard InChI is InChI=1S/C15H21N5O2/c16-14(18-10-11-4-3-9-22-11)17-7-8-20-13-6-2-1-5-12(13)19-15(20)21/h1-2,5-6,11H,3-4,7-10H2,(H,19,21)(H3,16,17,18). The van der Waals surface area contributed by atoms with Crippen molar-refractivity contribution < 1.29 is 4.74 Å². The predicted molar refractivity (Wildman–Crippen MR) is 86.0 cm³/mol. The fourth-order valence-corrected chi connectivity index (χ4v) is 2.67. The van der Waals surface area contributed by atoms with Crippen LogP contribution in [-0.2, 0) is 11.3 Å². The Morgan fingerprint density at radius 2 is 2.36 bits per heavy atom. The lowest BCUT2D eigenvalue weighted by Crippen LogP contribution is -2.36. The highest BCUT2D eigenvalue weighted by molar-refractivity contribution is 5.78. The van der Waals surface area contributed by atoms with Crippen molar-refractivity contribution in [1.82, 2.24) is 14.9 Å². The third-order valence-electron chi connectivity index (χ3n) is 3.81. The molecule has 4 N–H and O–H groups in total. The van der Waals surface area contributed by atoms with Crippen LogP contribution in [0.5, 0.6) is 0 Å². The molecule has 1 aromatic heterocycles. The molecule has 118 valence electrons. The van der Waals surface area contributed by atoms with Crippen LogP contribution in [0.4, 0.5) is 0 Å². The first-order chi connectivity index (χ1) is 10.7. The van der Waals surface area contributed by atoms with Crippen molar-refractivity contribution in [2.24, 2.45) is 10.7 Å². The quantitative estimate of drug-likeness (QED) is 0.550. The van der Waals surface area contributed by atoms with Crippen molar-refractivity contribution in [1.29, 1.82) is 0 Å². The highest BCUT2D eigenvalue weighted by atomic mass is 16.5. The Balaban J connectivity index is 1.54. The summed E-state index contributed by atoms with van der Waals surface area (Å²) in [5.41, 5.74) is 7.45. The Morgan fingerprint density at radius 3 is 3.18 bits per heavy atom. The molecule has 1 aromatic carbocycles. The number of H-pyrrole nitrogens is 1. The Kier molecular flexibility index (Phi) is 4.43. The molecular formula is C15H21N5O2. The highest BCUT2D eigenvalue weighted by Crippen LogP contribution is 2.11. The Labute approximate surface area is 128 Å². The minimum absolute atomic E-state index is 0.113. The topological polar surface area (TPSA) is 97.4 Å². The molecule has 0 bridgehead atoms. The fraction of sp³-hybridized carbons (Fsp3) is 0.467. The number of aromatic amines is 1. The maximum Gasteiger partial charge on any atom is 0.326 e. The zero-order valence-corrected chi connectivity index (χ0v) is 12.4. The summed E-state index contributed by atoms with van der Waals surface area (Å²) in [5, 5.41) is 3.04. The van der Waals surface area contributed by atoms with Crippen LogP contribution >= 0.6 is 0 Å². The summed E-state index contributed by atoms with van der Waals surface area (Å²) in [6, 6.07) is 7.62. The zero-order chi connectivity index (χ0) is 15.4. The monoisotopic (exact) mass is 303 g/mol. The molecule has 1 aliphatic rings. The number of fused-ring (bicyclic) bond motifs is 1. The molecule has 2 heterocycles. The number of para-hydroxylation sites is 2. The lowest BCUT2D eigenvalue weighted by Gasteiger charge is -2.09.